The fourth-order valence-corrected chi connectivity index (χ4v) is 4.63. The van der Waals surface area contributed by atoms with Crippen LogP contribution in [0, 0.1) is 5.82 Å². The Morgan fingerprint density at radius 3 is 2.58 bits per heavy atom. The van der Waals surface area contributed by atoms with Crippen molar-refractivity contribution in [3.63, 3.8) is 0 Å². The van der Waals surface area contributed by atoms with Crippen LogP contribution in [0.3, 0.4) is 0 Å². The molecule has 5 rings (SSSR count). The number of halogens is 1. The summed E-state index contributed by atoms with van der Waals surface area (Å²) in [6, 6.07) is 12.4. The first-order chi connectivity index (χ1) is 15.1. The molecular weight excluding hydrogens is 399 g/mol. The molecule has 6 nitrogen and oxygen atoms in total. The van der Waals surface area contributed by atoms with Crippen LogP contribution in [0.4, 0.5) is 4.39 Å². The molecule has 1 N–H and O–H groups in total. The number of quaternary nitrogens is 1. The van der Waals surface area contributed by atoms with Gasteiger partial charge in [0.25, 0.3) is 5.91 Å². The Hall–Kier alpha value is -3.03. The topological polar surface area (TPSA) is 64.2 Å². The Morgan fingerprint density at radius 2 is 1.77 bits per heavy atom. The third-order valence-electron chi connectivity index (χ3n) is 6.20. The van der Waals surface area contributed by atoms with E-state index in [0.29, 0.717) is 23.1 Å². The predicted molar refractivity (Wildman–Crippen MR) is 113 cm³/mol. The van der Waals surface area contributed by atoms with Gasteiger partial charge in [0, 0.05) is 18.5 Å². The second-order valence-corrected chi connectivity index (χ2v) is 8.06. The molecule has 0 radical (unpaired) electrons. The average Bonchev–Trinajstić information content (AvgIpc) is 3.07. The van der Waals surface area contributed by atoms with Gasteiger partial charge >= 0.3 is 0 Å². The van der Waals surface area contributed by atoms with E-state index in [4.69, 9.17) is 9.15 Å². The second-order valence-electron chi connectivity index (χ2n) is 8.06. The first-order valence-electron chi connectivity index (χ1n) is 10.7. The van der Waals surface area contributed by atoms with E-state index >= 15 is 0 Å². The normalized spacial score (nSPS) is 19.2. The summed E-state index contributed by atoms with van der Waals surface area (Å²) in [5.41, 5.74) is 0.634. The van der Waals surface area contributed by atoms with Gasteiger partial charge < -0.3 is 19.0 Å². The van der Waals surface area contributed by atoms with Crippen molar-refractivity contribution in [2.45, 2.75) is 12.5 Å². The number of nitrogens with zero attached hydrogens (tertiary/aromatic N) is 1. The number of benzene rings is 2. The Labute approximate surface area is 178 Å². The highest BCUT2D eigenvalue weighted by Gasteiger charge is 2.43. The molecule has 2 aliphatic heterocycles. The van der Waals surface area contributed by atoms with Gasteiger partial charge in [0.1, 0.15) is 24.5 Å². The number of carbonyl (C=O) groups excluding carboxylic acids is 1. The molecule has 1 saturated heterocycles. The van der Waals surface area contributed by atoms with Gasteiger partial charge in [0.15, 0.2) is 5.43 Å². The molecule has 0 saturated carbocycles. The molecule has 7 heteroatoms. The Bertz CT molecular complexity index is 1190. The van der Waals surface area contributed by atoms with Gasteiger partial charge in [-0.15, -0.1) is 0 Å². The number of amides is 1. The van der Waals surface area contributed by atoms with E-state index in [2.05, 4.69) is 0 Å². The SMILES string of the molecule is O=C1c2oc3ccccc3c(=O)c2[C@H](c2ccccc2F)N1CCC[NH+]1CCOCC1. The number of rotatable bonds is 5. The minimum Gasteiger partial charge on any atom is -0.450 e. The van der Waals surface area contributed by atoms with Crippen LogP contribution in [-0.4, -0.2) is 50.2 Å². The molecule has 1 atom stereocenters. The molecule has 1 fully saturated rings. The molecule has 2 aromatic carbocycles. The van der Waals surface area contributed by atoms with Gasteiger partial charge in [0.05, 0.1) is 36.8 Å². The monoisotopic (exact) mass is 423 g/mol. The molecule has 3 aromatic rings. The highest BCUT2D eigenvalue weighted by atomic mass is 19.1. The molecule has 2 aliphatic rings. The van der Waals surface area contributed by atoms with Gasteiger partial charge in [0.2, 0.25) is 5.76 Å². The van der Waals surface area contributed by atoms with Crippen LogP contribution in [0.5, 0.6) is 0 Å². The minimum atomic E-state index is -0.788. The van der Waals surface area contributed by atoms with E-state index in [1.54, 1.807) is 47.4 Å². The molecule has 0 spiro atoms. The first-order valence-corrected chi connectivity index (χ1v) is 10.7. The summed E-state index contributed by atoms with van der Waals surface area (Å²) in [6.07, 6.45) is 0.744. The van der Waals surface area contributed by atoms with E-state index in [1.807, 2.05) is 0 Å². The summed E-state index contributed by atoms with van der Waals surface area (Å²) in [4.78, 5) is 29.7. The summed E-state index contributed by atoms with van der Waals surface area (Å²) in [6.45, 7) is 4.67. The van der Waals surface area contributed by atoms with E-state index in [9.17, 15) is 14.0 Å². The zero-order valence-corrected chi connectivity index (χ0v) is 17.1. The number of hydrogen-bond donors (Lipinski definition) is 1. The predicted octanol–water partition coefficient (Wildman–Crippen LogP) is 1.78. The van der Waals surface area contributed by atoms with E-state index < -0.39 is 11.9 Å². The number of morpholine rings is 1. The lowest BCUT2D eigenvalue weighted by Crippen LogP contribution is -3.14. The summed E-state index contributed by atoms with van der Waals surface area (Å²) < 4.78 is 26.1. The van der Waals surface area contributed by atoms with Crippen LogP contribution in [0.1, 0.15) is 34.1 Å². The standard InChI is InChI=1S/C24H23FN2O4/c25-18-8-3-1-6-16(18)21-20-22(28)17-7-2-4-9-19(17)31-23(20)24(29)27(21)11-5-10-26-12-14-30-15-13-26/h1-4,6-9,21H,5,10-15H2/p+1/t21-/m0/s1. The van der Waals surface area contributed by atoms with Crippen molar-refractivity contribution in [3.05, 3.63) is 81.5 Å². The maximum absolute atomic E-state index is 14.8. The lowest BCUT2D eigenvalue weighted by Gasteiger charge is -2.27. The largest absolute Gasteiger partial charge is 0.450 e. The molecule has 31 heavy (non-hydrogen) atoms. The second kappa shape index (κ2) is 8.24. The van der Waals surface area contributed by atoms with Crippen molar-refractivity contribution >= 4 is 16.9 Å². The number of hydrogen-bond acceptors (Lipinski definition) is 4. The number of nitrogens with one attached hydrogen (secondary N) is 1. The smallest absolute Gasteiger partial charge is 0.290 e. The van der Waals surface area contributed by atoms with Crippen LogP contribution in [0.25, 0.3) is 11.0 Å². The molecule has 1 amide bonds. The van der Waals surface area contributed by atoms with Crippen molar-refractivity contribution in [3.8, 4) is 0 Å². The quantitative estimate of drug-likeness (QED) is 0.680. The summed E-state index contributed by atoms with van der Waals surface area (Å²) in [5, 5.41) is 0.398. The summed E-state index contributed by atoms with van der Waals surface area (Å²) >= 11 is 0. The molecule has 0 bridgehead atoms. The van der Waals surface area contributed by atoms with Crippen LogP contribution in [0.2, 0.25) is 0 Å². The Kier molecular flexibility index (Phi) is 5.29. The van der Waals surface area contributed by atoms with Crippen LogP contribution in [0.15, 0.2) is 57.7 Å². The summed E-state index contributed by atoms with van der Waals surface area (Å²) in [5.74, 6) is -0.775. The minimum absolute atomic E-state index is 0.0238. The number of ether oxygens (including phenoxy) is 1. The molecule has 1 aromatic heterocycles. The third-order valence-corrected chi connectivity index (χ3v) is 6.20. The third kappa shape index (κ3) is 3.54. The lowest BCUT2D eigenvalue weighted by atomic mass is 9.98. The highest BCUT2D eigenvalue weighted by Crippen LogP contribution is 2.38. The lowest BCUT2D eigenvalue weighted by molar-refractivity contribution is -0.908. The van der Waals surface area contributed by atoms with Gasteiger partial charge in [-0.2, -0.15) is 0 Å². The number of fused-ring (bicyclic) bond motifs is 2. The van der Waals surface area contributed by atoms with Crippen LogP contribution >= 0.6 is 0 Å². The Morgan fingerprint density at radius 1 is 1.03 bits per heavy atom. The van der Waals surface area contributed by atoms with Crippen molar-refractivity contribution in [1.82, 2.24) is 4.90 Å². The first kappa shape index (κ1) is 19.9. The molecule has 160 valence electrons. The highest BCUT2D eigenvalue weighted by molar-refractivity contribution is 5.99. The van der Waals surface area contributed by atoms with Crippen LogP contribution < -0.4 is 10.3 Å². The maximum Gasteiger partial charge on any atom is 0.290 e. The molecule has 0 unspecified atom stereocenters. The molecular formula is C24H24FN2O4+. The van der Waals surface area contributed by atoms with Crippen LogP contribution in [-0.2, 0) is 4.74 Å². The van der Waals surface area contributed by atoms with Gasteiger partial charge in [-0.05, 0) is 18.2 Å². The van der Waals surface area contributed by atoms with Crippen molar-refractivity contribution in [2.24, 2.45) is 0 Å². The van der Waals surface area contributed by atoms with Crippen molar-refractivity contribution < 1.29 is 23.2 Å². The van der Waals surface area contributed by atoms with Gasteiger partial charge in [-0.3, -0.25) is 9.59 Å². The van der Waals surface area contributed by atoms with E-state index in [0.717, 1.165) is 39.3 Å². The number of para-hydroxylation sites is 1. The van der Waals surface area contributed by atoms with Gasteiger partial charge in [-0.25, -0.2) is 4.39 Å². The van der Waals surface area contributed by atoms with Gasteiger partial charge in [-0.1, -0.05) is 30.3 Å². The zero-order valence-electron chi connectivity index (χ0n) is 17.1. The maximum atomic E-state index is 14.8. The molecule has 0 aliphatic carbocycles. The Balaban J connectivity index is 1.54. The van der Waals surface area contributed by atoms with Crippen molar-refractivity contribution in [1.29, 1.82) is 0 Å². The fraction of sp³-hybridized carbons (Fsp3) is 0.333. The van der Waals surface area contributed by atoms with E-state index in [-0.39, 0.29) is 22.7 Å². The van der Waals surface area contributed by atoms with Crippen molar-refractivity contribution in [2.75, 3.05) is 39.4 Å². The number of carbonyl (C=O) groups is 1. The molecule has 3 heterocycles. The fourth-order valence-electron chi connectivity index (χ4n) is 4.63. The van der Waals surface area contributed by atoms with E-state index in [1.165, 1.54) is 11.0 Å². The average molecular weight is 423 g/mol. The zero-order chi connectivity index (χ0) is 21.4. The summed E-state index contributed by atoms with van der Waals surface area (Å²) in [7, 11) is 0.